The van der Waals surface area contributed by atoms with Crippen LogP contribution in [0.4, 0.5) is 9.52 Å². The first kappa shape index (κ1) is 14.9. The molecule has 1 saturated heterocycles. The van der Waals surface area contributed by atoms with Crippen LogP contribution < -0.4 is 5.32 Å². The zero-order valence-electron chi connectivity index (χ0n) is 10.9. The molecule has 0 spiro atoms. The maximum atomic E-state index is 13.7. The van der Waals surface area contributed by atoms with Gasteiger partial charge >= 0.3 is 16.6 Å². The number of rotatable bonds is 4. The number of hydrogen-bond acceptors (Lipinski definition) is 5. The maximum absolute atomic E-state index is 13.7. The smallest absolute Gasteiger partial charge is 0.369 e. The van der Waals surface area contributed by atoms with Crippen molar-refractivity contribution < 1.29 is 13.0 Å². The molecule has 0 unspecified atom stereocenters. The third-order valence-corrected chi connectivity index (χ3v) is 4.45. The molecule has 1 aliphatic rings. The van der Waals surface area contributed by atoms with Gasteiger partial charge in [0.15, 0.2) is 5.13 Å². The number of nitrogens with zero attached hydrogens (tertiary/aromatic N) is 2. The van der Waals surface area contributed by atoms with Crippen LogP contribution in [0.15, 0.2) is 0 Å². The number of halogens is 1. The van der Waals surface area contributed by atoms with Gasteiger partial charge in [0.05, 0.1) is 4.88 Å². The number of carbonyl (C=O) groups excluding carboxylic acids is 1. The van der Waals surface area contributed by atoms with Crippen molar-refractivity contribution >= 4 is 39.0 Å². The molecule has 1 aromatic rings. The van der Waals surface area contributed by atoms with Crippen LogP contribution in [0.1, 0.15) is 25.1 Å². The lowest BCUT2D eigenvalue weighted by Crippen LogP contribution is -2.27. The number of carbonyl (C=O) groups is 1. The Kier molecular flexibility index (Phi) is 4.93. The first-order chi connectivity index (χ1) is 8.99. The fourth-order valence-electron chi connectivity index (χ4n) is 2.18. The van der Waals surface area contributed by atoms with Crippen molar-refractivity contribution in [1.29, 1.82) is 0 Å². The average Bonchev–Trinajstić information content (AvgIpc) is 2.83. The Bertz CT molecular complexity index is 471. The molecule has 19 heavy (non-hydrogen) atoms. The molecule has 1 N–H and O–H groups in total. The molecular weight excluding hydrogens is 284 g/mol. The molecule has 0 aromatic carbocycles. The Morgan fingerprint density at radius 3 is 3.05 bits per heavy atom. The van der Waals surface area contributed by atoms with Gasteiger partial charge in [-0.15, -0.1) is 0 Å². The van der Waals surface area contributed by atoms with E-state index in [1.54, 1.807) is 0 Å². The average molecular weight is 299 g/mol. The molecule has 2 atom stereocenters. The topological polar surface area (TPSA) is 54.5 Å². The second-order valence-corrected chi connectivity index (χ2v) is 6.04. The number of likely N-dealkylation sites (tertiary alicyclic amines) is 1. The third kappa shape index (κ3) is 3.74. The highest BCUT2D eigenvalue weighted by Crippen LogP contribution is 2.27. The molecule has 0 bridgehead atoms. The van der Waals surface area contributed by atoms with Crippen LogP contribution in [0.3, 0.4) is 0 Å². The van der Waals surface area contributed by atoms with Gasteiger partial charge in [-0.1, -0.05) is 11.3 Å². The van der Waals surface area contributed by atoms with Gasteiger partial charge < -0.3 is 9.11 Å². The molecule has 8 heteroatoms. The van der Waals surface area contributed by atoms with Crippen LogP contribution >= 0.6 is 11.3 Å². The minimum absolute atomic E-state index is 0.172. The Hall–Kier alpha value is -0.518. The number of aromatic nitrogens is 1. The molecule has 5 nitrogen and oxygen atoms in total. The van der Waals surface area contributed by atoms with Gasteiger partial charge in [-0.3, -0.25) is 9.69 Å². The first-order valence-corrected chi connectivity index (χ1v) is 7.30. The third-order valence-electron chi connectivity index (χ3n) is 3.14. The fraction of sp³-hybridized carbons (Fsp3) is 0.636. The Labute approximate surface area is 123 Å². The Morgan fingerprint density at radius 2 is 2.47 bits per heavy atom. The van der Waals surface area contributed by atoms with E-state index in [-0.39, 0.29) is 12.0 Å². The van der Waals surface area contributed by atoms with E-state index in [0.29, 0.717) is 22.6 Å². The summed E-state index contributed by atoms with van der Waals surface area (Å²) < 4.78 is 19.0. The minimum atomic E-state index is -0.504. The van der Waals surface area contributed by atoms with Crippen molar-refractivity contribution in [2.75, 3.05) is 11.9 Å². The zero-order chi connectivity index (χ0) is 14.0. The van der Waals surface area contributed by atoms with Crippen LogP contribution in [0.5, 0.6) is 0 Å². The SMILES string of the molecule is CC(=O)Nc1nc(F)c(CN2C[C@H]([O][Al])C[C@@H]2C)s1. The fourth-order valence-corrected chi connectivity index (χ4v) is 3.30. The predicted molar refractivity (Wildman–Crippen MR) is 71.5 cm³/mol. The van der Waals surface area contributed by atoms with Crippen molar-refractivity contribution in [1.82, 2.24) is 9.88 Å². The van der Waals surface area contributed by atoms with Crippen LogP contribution in [-0.4, -0.2) is 51.1 Å². The monoisotopic (exact) mass is 299 g/mol. The number of hydrogen-bond donors (Lipinski definition) is 1. The van der Waals surface area contributed by atoms with Gasteiger partial charge in [0.25, 0.3) is 0 Å². The summed E-state index contributed by atoms with van der Waals surface area (Å²) in [6.07, 6.45) is 1.11. The summed E-state index contributed by atoms with van der Waals surface area (Å²) in [6.45, 7) is 4.74. The van der Waals surface area contributed by atoms with E-state index in [4.69, 9.17) is 3.79 Å². The number of thiazole rings is 1. The Morgan fingerprint density at radius 1 is 1.74 bits per heavy atom. The van der Waals surface area contributed by atoms with E-state index in [2.05, 4.69) is 38.7 Å². The Balaban J connectivity index is 2.03. The normalized spacial score (nSPS) is 23.7. The van der Waals surface area contributed by atoms with Crippen molar-refractivity contribution in [3.8, 4) is 0 Å². The molecule has 2 radical (unpaired) electrons. The van der Waals surface area contributed by atoms with Gasteiger partial charge in [-0.25, -0.2) is 0 Å². The van der Waals surface area contributed by atoms with Gasteiger partial charge in [0.2, 0.25) is 11.9 Å². The second kappa shape index (κ2) is 6.29. The van der Waals surface area contributed by atoms with E-state index >= 15 is 0 Å². The summed E-state index contributed by atoms with van der Waals surface area (Å²) in [5, 5.41) is 2.81. The highest BCUT2D eigenvalue weighted by molar-refractivity contribution is 7.15. The lowest BCUT2D eigenvalue weighted by atomic mass is 10.2. The number of anilines is 1. The van der Waals surface area contributed by atoms with E-state index in [1.165, 1.54) is 18.3 Å². The molecular formula is C11H15AlFN3O2S. The summed E-state index contributed by atoms with van der Waals surface area (Å²) in [5.74, 6) is -0.748. The molecule has 1 aromatic heterocycles. The van der Waals surface area contributed by atoms with Crippen molar-refractivity contribution in [3.63, 3.8) is 0 Å². The van der Waals surface area contributed by atoms with Crippen LogP contribution in [0.25, 0.3) is 0 Å². The second-order valence-electron chi connectivity index (χ2n) is 4.69. The molecule has 2 heterocycles. The molecule has 1 aliphatic heterocycles. The quantitative estimate of drug-likeness (QED) is 0.852. The van der Waals surface area contributed by atoms with Crippen LogP contribution in [0.2, 0.25) is 0 Å². The largest absolute Gasteiger partial charge is 0.513 e. The van der Waals surface area contributed by atoms with Crippen LogP contribution in [0, 0.1) is 5.95 Å². The molecule has 0 aliphatic carbocycles. The first-order valence-electron chi connectivity index (χ1n) is 6.02. The summed E-state index contributed by atoms with van der Waals surface area (Å²) in [7, 11) is 0. The highest BCUT2D eigenvalue weighted by Gasteiger charge is 2.29. The molecule has 102 valence electrons. The summed E-state index contributed by atoms with van der Waals surface area (Å²) >= 11 is 3.46. The summed E-state index contributed by atoms with van der Waals surface area (Å²) in [6, 6.07) is 0.344. The molecule has 0 saturated carbocycles. The minimum Gasteiger partial charge on any atom is -0.513 e. The van der Waals surface area contributed by atoms with E-state index in [0.717, 1.165) is 13.0 Å². The molecule has 1 amide bonds. The van der Waals surface area contributed by atoms with Gasteiger partial charge in [0.1, 0.15) is 0 Å². The highest BCUT2D eigenvalue weighted by atomic mass is 32.1. The number of nitrogens with one attached hydrogen (secondary N) is 1. The van der Waals surface area contributed by atoms with E-state index in [9.17, 15) is 9.18 Å². The van der Waals surface area contributed by atoms with Crippen molar-refractivity contribution in [2.45, 2.75) is 39.0 Å². The van der Waals surface area contributed by atoms with Crippen LogP contribution in [-0.2, 0) is 15.1 Å². The van der Waals surface area contributed by atoms with Crippen molar-refractivity contribution in [2.24, 2.45) is 0 Å². The molecule has 2 rings (SSSR count). The lowest BCUT2D eigenvalue weighted by Gasteiger charge is -2.19. The van der Waals surface area contributed by atoms with Crippen molar-refractivity contribution in [3.05, 3.63) is 10.8 Å². The lowest BCUT2D eigenvalue weighted by molar-refractivity contribution is -0.114. The van der Waals surface area contributed by atoms with Gasteiger partial charge in [-0.05, 0) is 13.3 Å². The van der Waals surface area contributed by atoms with E-state index in [1.807, 2.05) is 0 Å². The standard InChI is InChI=1S/C11H15FN3O2S.Al/c1-6-3-8(17)4-15(6)5-9-10(12)14-11(18-9)13-7(2)16;/h6,8H,3-5H2,1-2H3,(H,13,14,16);/q-1;+1/t6-,8+;/m0./s1. The summed E-state index contributed by atoms with van der Waals surface area (Å²) in [4.78, 5) is 17.3. The van der Waals surface area contributed by atoms with Gasteiger partial charge in [-0.2, -0.15) is 9.37 Å². The number of amides is 1. The zero-order valence-corrected chi connectivity index (χ0v) is 12.8. The van der Waals surface area contributed by atoms with E-state index < -0.39 is 5.95 Å². The maximum Gasteiger partial charge on any atom is 0.369 e. The predicted octanol–water partition coefficient (Wildman–Crippen LogP) is 1.30. The van der Waals surface area contributed by atoms with Gasteiger partial charge in [0, 0.05) is 32.2 Å². The summed E-state index contributed by atoms with van der Waals surface area (Å²) in [5.41, 5.74) is 0. The molecule has 1 fully saturated rings.